The molecule has 0 radical (unpaired) electrons. The standard InChI is InChI=1S/C12H12N4O3S/c1-15(2)10-4-3-9(6-13-10)14-12(17)8-5-11(16(18)19)20-7-8/h3-7H,1-2H3,(H,14,17). The summed E-state index contributed by atoms with van der Waals surface area (Å²) in [5, 5.41) is 14.6. The van der Waals surface area contributed by atoms with Gasteiger partial charge >= 0.3 is 5.00 Å². The number of carbonyl (C=O) groups excluding carboxylic acids is 1. The Kier molecular flexibility index (Phi) is 3.94. The lowest BCUT2D eigenvalue weighted by atomic mass is 10.3. The maximum absolute atomic E-state index is 11.9. The molecule has 0 atom stereocenters. The van der Waals surface area contributed by atoms with Gasteiger partial charge in [0.25, 0.3) is 5.91 Å². The predicted molar refractivity (Wildman–Crippen MR) is 77.5 cm³/mol. The molecule has 0 aliphatic rings. The van der Waals surface area contributed by atoms with Gasteiger partial charge in [-0.05, 0) is 12.1 Å². The zero-order valence-corrected chi connectivity index (χ0v) is 11.7. The Bertz CT molecular complexity index is 636. The van der Waals surface area contributed by atoms with E-state index < -0.39 is 10.8 Å². The molecule has 1 amide bonds. The maximum Gasteiger partial charge on any atom is 0.324 e. The van der Waals surface area contributed by atoms with Crippen molar-refractivity contribution in [2.24, 2.45) is 0 Å². The van der Waals surface area contributed by atoms with Crippen LogP contribution in [0.3, 0.4) is 0 Å². The van der Waals surface area contributed by atoms with Crippen LogP contribution >= 0.6 is 11.3 Å². The lowest BCUT2D eigenvalue weighted by Gasteiger charge is -2.11. The third-order valence-corrected chi connectivity index (χ3v) is 3.37. The van der Waals surface area contributed by atoms with E-state index in [1.807, 2.05) is 19.0 Å². The van der Waals surface area contributed by atoms with Gasteiger partial charge in [-0.15, -0.1) is 0 Å². The van der Waals surface area contributed by atoms with Crippen molar-refractivity contribution in [3.8, 4) is 0 Å². The SMILES string of the molecule is CN(C)c1ccc(NC(=O)c2csc([N+](=O)[O-])c2)cn1. The van der Waals surface area contributed by atoms with E-state index in [2.05, 4.69) is 10.3 Å². The summed E-state index contributed by atoms with van der Waals surface area (Å²) in [6.07, 6.45) is 1.54. The lowest BCUT2D eigenvalue weighted by Crippen LogP contribution is -2.13. The number of thiophene rings is 1. The fourth-order valence-electron chi connectivity index (χ4n) is 1.47. The third kappa shape index (κ3) is 3.09. The van der Waals surface area contributed by atoms with Crippen LogP contribution in [0.1, 0.15) is 10.4 Å². The Morgan fingerprint density at radius 2 is 2.20 bits per heavy atom. The molecule has 20 heavy (non-hydrogen) atoms. The van der Waals surface area contributed by atoms with E-state index >= 15 is 0 Å². The highest BCUT2D eigenvalue weighted by Gasteiger charge is 2.15. The van der Waals surface area contributed by atoms with Crippen LogP contribution < -0.4 is 10.2 Å². The maximum atomic E-state index is 11.9. The molecule has 0 bridgehead atoms. The molecule has 0 spiro atoms. The molecule has 0 aliphatic heterocycles. The van der Waals surface area contributed by atoms with Crippen molar-refractivity contribution in [2.75, 3.05) is 24.3 Å². The first-order valence-electron chi connectivity index (χ1n) is 5.65. The number of nitrogens with zero attached hydrogens (tertiary/aromatic N) is 3. The van der Waals surface area contributed by atoms with Crippen molar-refractivity contribution in [3.63, 3.8) is 0 Å². The molecule has 0 aliphatic carbocycles. The van der Waals surface area contributed by atoms with E-state index in [9.17, 15) is 14.9 Å². The molecule has 2 rings (SSSR count). The molecule has 0 fully saturated rings. The molecular formula is C12H12N4O3S. The fraction of sp³-hybridized carbons (Fsp3) is 0.167. The van der Waals surface area contributed by atoms with Crippen LogP contribution in [-0.2, 0) is 0 Å². The van der Waals surface area contributed by atoms with Crippen LogP contribution in [-0.4, -0.2) is 29.9 Å². The van der Waals surface area contributed by atoms with E-state index in [0.29, 0.717) is 5.69 Å². The van der Waals surface area contributed by atoms with Crippen LogP contribution in [0.4, 0.5) is 16.5 Å². The fourth-order valence-corrected chi connectivity index (χ4v) is 2.17. The van der Waals surface area contributed by atoms with Crippen molar-refractivity contribution in [1.29, 1.82) is 0 Å². The lowest BCUT2D eigenvalue weighted by molar-refractivity contribution is -0.380. The number of rotatable bonds is 4. The summed E-state index contributed by atoms with van der Waals surface area (Å²) in [6.45, 7) is 0. The second-order valence-corrected chi connectivity index (χ2v) is 5.07. The van der Waals surface area contributed by atoms with Gasteiger partial charge in [0.05, 0.1) is 22.4 Å². The van der Waals surface area contributed by atoms with Crippen molar-refractivity contribution in [1.82, 2.24) is 4.98 Å². The quantitative estimate of drug-likeness (QED) is 0.690. The molecule has 0 saturated carbocycles. The Labute approximate surface area is 119 Å². The average molecular weight is 292 g/mol. The van der Waals surface area contributed by atoms with Crippen molar-refractivity contribution >= 4 is 33.8 Å². The number of carbonyl (C=O) groups is 1. The van der Waals surface area contributed by atoms with Gasteiger partial charge in [-0.2, -0.15) is 0 Å². The number of hydrogen-bond acceptors (Lipinski definition) is 6. The van der Waals surface area contributed by atoms with Gasteiger partial charge in [-0.3, -0.25) is 14.9 Å². The summed E-state index contributed by atoms with van der Waals surface area (Å²) < 4.78 is 0. The number of aromatic nitrogens is 1. The summed E-state index contributed by atoms with van der Waals surface area (Å²) in [7, 11) is 3.73. The average Bonchev–Trinajstić information content (AvgIpc) is 2.89. The summed E-state index contributed by atoms with van der Waals surface area (Å²) in [6, 6.07) is 4.74. The summed E-state index contributed by atoms with van der Waals surface area (Å²) in [5.74, 6) is 0.378. The molecule has 2 heterocycles. The number of nitrogens with one attached hydrogen (secondary N) is 1. The van der Waals surface area contributed by atoms with Gasteiger partial charge in [0.2, 0.25) is 0 Å². The molecule has 8 heteroatoms. The van der Waals surface area contributed by atoms with Gasteiger partial charge < -0.3 is 10.2 Å². The zero-order chi connectivity index (χ0) is 14.7. The van der Waals surface area contributed by atoms with Crippen LogP contribution in [0.5, 0.6) is 0 Å². The molecule has 1 N–H and O–H groups in total. The first-order valence-corrected chi connectivity index (χ1v) is 6.53. The van der Waals surface area contributed by atoms with Crippen molar-refractivity contribution < 1.29 is 9.72 Å². The minimum Gasteiger partial charge on any atom is -0.363 e. The summed E-state index contributed by atoms with van der Waals surface area (Å²) in [5.41, 5.74) is 0.799. The summed E-state index contributed by atoms with van der Waals surface area (Å²) in [4.78, 5) is 28.0. The van der Waals surface area contributed by atoms with E-state index in [-0.39, 0.29) is 10.6 Å². The number of hydrogen-bond donors (Lipinski definition) is 1. The Morgan fingerprint density at radius 3 is 2.70 bits per heavy atom. The van der Waals surface area contributed by atoms with Gasteiger partial charge in [0, 0.05) is 25.5 Å². The first kappa shape index (κ1) is 13.9. The molecule has 2 aromatic rings. The van der Waals surface area contributed by atoms with E-state index in [1.54, 1.807) is 12.1 Å². The number of amides is 1. The Balaban J connectivity index is 2.08. The largest absolute Gasteiger partial charge is 0.363 e. The second kappa shape index (κ2) is 5.66. The van der Waals surface area contributed by atoms with Gasteiger partial charge in [0.1, 0.15) is 5.82 Å². The normalized spacial score (nSPS) is 10.1. The first-order chi connectivity index (χ1) is 9.47. The molecule has 7 nitrogen and oxygen atoms in total. The smallest absolute Gasteiger partial charge is 0.324 e. The topological polar surface area (TPSA) is 88.4 Å². The second-order valence-electron chi connectivity index (χ2n) is 4.18. The van der Waals surface area contributed by atoms with Crippen LogP contribution in [0.2, 0.25) is 0 Å². The summed E-state index contributed by atoms with van der Waals surface area (Å²) >= 11 is 0.921. The minimum absolute atomic E-state index is 0.0590. The van der Waals surface area contributed by atoms with Crippen LogP contribution in [0.25, 0.3) is 0 Å². The van der Waals surface area contributed by atoms with Crippen LogP contribution in [0.15, 0.2) is 29.8 Å². The minimum atomic E-state index is -0.519. The number of pyridine rings is 1. The molecular weight excluding hydrogens is 280 g/mol. The monoisotopic (exact) mass is 292 g/mol. The molecule has 104 valence electrons. The van der Waals surface area contributed by atoms with E-state index in [4.69, 9.17) is 0 Å². The van der Waals surface area contributed by atoms with Crippen LogP contribution in [0, 0.1) is 10.1 Å². The highest BCUT2D eigenvalue weighted by molar-refractivity contribution is 7.13. The number of anilines is 2. The van der Waals surface area contributed by atoms with Gasteiger partial charge in [-0.1, -0.05) is 11.3 Å². The Hall–Kier alpha value is -2.48. The third-order valence-electron chi connectivity index (χ3n) is 2.49. The van der Waals surface area contributed by atoms with Crippen molar-refractivity contribution in [2.45, 2.75) is 0 Å². The molecule has 0 saturated heterocycles. The highest BCUT2D eigenvalue weighted by Crippen LogP contribution is 2.23. The van der Waals surface area contributed by atoms with Gasteiger partial charge in [0.15, 0.2) is 0 Å². The van der Waals surface area contributed by atoms with E-state index in [0.717, 1.165) is 17.2 Å². The molecule has 0 aromatic carbocycles. The van der Waals surface area contributed by atoms with Gasteiger partial charge in [-0.25, -0.2) is 4.98 Å². The predicted octanol–water partition coefficient (Wildman–Crippen LogP) is 2.37. The Morgan fingerprint density at radius 1 is 1.45 bits per heavy atom. The van der Waals surface area contributed by atoms with E-state index in [1.165, 1.54) is 17.6 Å². The zero-order valence-electron chi connectivity index (χ0n) is 10.9. The van der Waals surface area contributed by atoms with Crippen molar-refractivity contribution in [3.05, 3.63) is 45.5 Å². The number of nitro groups is 1. The molecule has 2 aromatic heterocycles. The molecule has 0 unspecified atom stereocenters. The highest BCUT2D eigenvalue weighted by atomic mass is 32.1.